The Labute approximate surface area is 96.4 Å². The van der Waals surface area contributed by atoms with Gasteiger partial charge in [-0.15, -0.1) is 0 Å². The highest BCUT2D eigenvalue weighted by atomic mass is 15.2. The quantitative estimate of drug-likeness (QED) is 0.795. The van der Waals surface area contributed by atoms with Crippen LogP contribution in [0, 0.1) is 12.8 Å². The fourth-order valence-corrected chi connectivity index (χ4v) is 3.00. The van der Waals surface area contributed by atoms with Gasteiger partial charge in [0.05, 0.1) is 0 Å². The van der Waals surface area contributed by atoms with Crippen molar-refractivity contribution < 1.29 is 0 Å². The summed E-state index contributed by atoms with van der Waals surface area (Å²) in [6, 6.07) is 0.686. The second-order valence-electron chi connectivity index (χ2n) is 5.12. The van der Waals surface area contributed by atoms with Gasteiger partial charge in [0.1, 0.15) is 5.82 Å². The lowest BCUT2D eigenvalue weighted by atomic mass is 9.84. The molecule has 3 saturated heterocycles. The summed E-state index contributed by atoms with van der Waals surface area (Å²) < 4.78 is 0. The minimum Gasteiger partial charge on any atom is -0.345 e. The van der Waals surface area contributed by atoms with E-state index in [0.29, 0.717) is 6.04 Å². The summed E-state index contributed by atoms with van der Waals surface area (Å²) in [4.78, 5) is 10.1. The molecule has 2 N–H and O–H groups in total. The van der Waals surface area contributed by atoms with Gasteiger partial charge in [0, 0.05) is 31.0 Å². The molecule has 4 nitrogen and oxygen atoms in total. The van der Waals surface area contributed by atoms with E-state index in [1.165, 1.54) is 38.2 Å². The first-order valence-corrected chi connectivity index (χ1v) is 6.27. The molecule has 0 amide bonds. The topological polar surface area (TPSA) is 44.0 Å². The molecule has 1 atom stereocenters. The number of nitrogens with one attached hydrogen (secondary N) is 2. The van der Waals surface area contributed by atoms with Crippen LogP contribution in [0.4, 0.5) is 0 Å². The van der Waals surface area contributed by atoms with Crippen molar-refractivity contribution in [1.29, 1.82) is 0 Å². The number of fused-ring (bicyclic) bond motifs is 3. The van der Waals surface area contributed by atoms with Gasteiger partial charge in [-0.25, -0.2) is 4.98 Å². The Bertz CT molecular complexity index is 352. The van der Waals surface area contributed by atoms with E-state index in [1.807, 2.05) is 13.1 Å². The molecule has 0 aromatic carbocycles. The van der Waals surface area contributed by atoms with Crippen molar-refractivity contribution in [1.82, 2.24) is 20.2 Å². The first-order chi connectivity index (χ1) is 7.81. The van der Waals surface area contributed by atoms with Gasteiger partial charge in [0.2, 0.25) is 0 Å². The molecule has 0 radical (unpaired) electrons. The minimum absolute atomic E-state index is 0.686. The predicted molar refractivity (Wildman–Crippen MR) is 63.1 cm³/mol. The summed E-state index contributed by atoms with van der Waals surface area (Å²) >= 11 is 0. The van der Waals surface area contributed by atoms with Crippen molar-refractivity contribution in [3.05, 3.63) is 17.7 Å². The molecular formula is C12H20N4. The lowest BCUT2D eigenvalue weighted by Gasteiger charge is -2.45. The van der Waals surface area contributed by atoms with E-state index in [0.717, 1.165) is 18.3 Å². The molecule has 3 aliphatic rings. The maximum Gasteiger partial charge on any atom is 0.103 e. The molecule has 4 heteroatoms. The van der Waals surface area contributed by atoms with Gasteiger partial charge >= 0.3 is 0 Å². The summed E-state index contributed by atoms with van der Waals surface area (Å²) in [6.07, 6.45) is 4.68. The fourth-order valence-electron chi connectivity index (χ4n) is 3.00. The highest BCUT2D eigenvalue weighted by Crippen LogP contribution is 2.27. The Morgan fingerprint density at radius 1 is 1.50 bits per heavy atom. The third kappa shape index (κ3) is 1.99. The van der Waals surface area contributed by atoms with Gasteiger partial charge in [-0.05, 0) is 38.8 Å². The van der Waals surface area contributed by atoms with E-state index < -0.39 is 0 Å². The molecular weight excluding hydrogens is 200 g/mol. The number of aromatic nitrogens is 2. The molecule has 4 heterocycles. The van der Waals surface area contributed by atoms with Gasteiger partial charge in [-0.2, -0.15) is 0 Å². The Morgan fingerprint density at radius 2 is 2.31 bits per heavy atom. The van der Waals surface area contributed by atoms with E-state index in [4.69, 9.17) is 0 Å². The molecule has 0 aliphatic carbocycles. The second-order valence-corrected chi connectivity index (χ2v) is 5.12. The summed E-state index contributed by atoms with van der Waals surface area (Å²) in [5.41, 5.74) is 1.20. The molecule has 3 fully saturated rings. The number of imidazole rings is 1. The predicted octanol–water partition coefficient (Wildman–Crippen LogP) is 0.902. The zero-order valence-electron chi connectivity index (χ0n) is 9.87. The van der Waals surface area contributed by atoms with Crippen LogP contribution in [0.2, 0.25) is 0 Å². The van der Waals surface area contributed by atoms with E-state index in [-0.39, 0.29) is 0 Å². The Balaban J connectivity index is 1.55. The maximum atomic E-state index is 4.22. The largest absolute Gasteiger partial charge is 0.345 e. The number of aryl methyl sites for hydroxylation is 1. The van der Waals surface area contributed by atoms with Crippen LogP contribution in [0.25, 0.3) is 0 Å². The van der Waals surface area contributed by atoms with Gasteiger partial charge < -0.3 is 15.2 Å². The number of rotatable bonds is 3. The van der Waals surface area contributed by atoms with Crippen molar-refractivity contribution in [3.8, 4) is 0 Å². The Hall–Kier alpha value is -0.870. The van der Waals surface area contributed by atoms with E-state index >= 15 is 0 Å². The summed E-state index contributed by atoms with van der Waals surface area (Å²) in [7, 11) is 0. The van der Waals surface area contributed by atoms with E-state index in [2.05, 4.69) is 20.2 Å². The lowest BCUT2D eigenvalue weighted by Crippen LogP contribution is -2.55. The van der Waals surface area contributed by atoms with Crippen molar-refractivity contribution in [2.45, 2.75) is 32.4 Å². The molecule has 2 bridgehead atoms. The summed E-state index contributed by atoms with van der Waals surface area (Å²) in [5.74, 6) is 1.90. The Morgan fingerprint density at radius 3 is 2.88 bits per heavy atom. The SMILES string of the molecule is Cc1ncc(CNC2CN3CCC2CC3)[nH]1. The van der Waals surface area contributed by atoms with Gasteiger partial charge in [-0.3, -0.25) is 0 Å². The first-order valence-electron chi connectivity index (χ1n) is 6.27. The first kappa shape index (κ1) is 10.3. The monoisotopic (exact) mass is 220 g/mol. The average Bonchev–Trinajstić information content (AvgIpc) is 2.74. The standard InChI is InChI=1S/C12H20N4/c1-9-13-6-11(15-9)7-14-12-8-16-4-2-10(12)3-5-16/h6,10,12,14H,2-5,7-8H2,1H3,(H,13,15). The molecule has 1 unspecified atom stereocenters. The van der Waals surface area contributed by atoms with Crippen LogP contribution in [0.15, 0.2) is 6.20 Å². The van der Waals surface area contributed by atoms with Gasteiger partial charge in [-0.1, -0.05) is 0 Å². The zero-order chi connectivity index (χ0) is 11.0. The molecule has 0 saturated carbocycles. The number of piperidine rings is 3. The van der Waals surface area contributed by atoms with Crippen LogP contribution >= 0.6 is 0 Å². The maximum absolute atomic E-state index is 4.22. The molecule has 1 aromatic rings. The van der Waals surface area contributed by atoms with Crippen LogP contribution in [0.5, 0.6) is 0 Å². The number of H-pyrrole nitrogens is 1. The van der Waals surface area contributed by atoms with Crippen molar-refractivity contribution >= 4 is 0 Å². The highest BCUT2D eigenvalue weighted by molar-refractivity contribution is 5.00. The highest BCUT2D eigenvalue weighted by Gasteiger charge is 2.33. The molecule has 88 valence electrons. The number of nitrogens with zero attached hydrogens (tertiary/aromatic N) is 2. The smallest absolute Gasteiger partial charge is 0.103 e. The van der Waals surface area contributed by atoms with Crippen LogP contribution in [-0.4, -0.2) is 40.5 Å². The molecule has 4 rings (SSSR count). The lowest BCUT2D eigenvalue weighted by molar-refractivity contribution is 0.0718. The Kier molecular flexibility index (Phi) is 2.69. The van der Waals surface area contributed by atoms with E-state index in [1.54, 1.807) is 0 Å². The van der Waals surface area contributed by atoms with Gasteiger partial charge in [0.25, 0.3) is 0 Å². The second kappa shape index (κ2) is 4.18. The minimum atomic E-state index is 0.686. The van der Waals surface area contributed by atoms with Crippen molar-refractivity contribution in [3.63, 3.8) is 0 Å². The zero-order valence-corrected chi connectivity index (χ0v) is 9.87. The molecule has 16 heavy (non-hydrogen) atoms. The number of hydrogen-bond acceptors (Lipinski definition) is 3. The molecule has 1 aromatic heterocycles. The number of aromatic amines is 1. The summed E-state index contributed by atoms with van der Waals surface area (Å²) in [5, 5.41) is 3.67. The third-order valence-corrected chi connectivity index (χ3v) is 3.97. The van der Waals surface area contributed by atoms with Crippen LogP contribution in [0.3, 0.4) is 0 Å². The molecule has 3 aliphatic heterocycles. The van der Waals surface area contributed by atoms with Crippen molar-refractivity contribution in [2.75, 3.05) is 19.6 Å². The number of hydrogen-bond donors (Lipinski definition) is 2. The van der Waals surface area contributed by atoms with Crippen molar-refractivity contribution in [2.24, 2.45) is 5.92 Å². The molecule has 0 spiro atoms. The summed E-state index contributed by atoms with van der Waals surface area (Å²) in [6.45, 7) is 6.78. The van der Waals surface area contributed by atoms with Gasteiger partial charge in [0.15, 0.2) is 0 Å². The van der Waals surface area contributed by atoms with E-state index in [9.17, 15) is 0 Å². The van der Waals surface area contributed by atoms with Crippen LogP contribution in [0.1, 0.15) is 24.4 Å². The third-order valence-electron chi connectivity index (χ3n) is 3.97. The normalized spacial score (nSPS) is 33.2. The van der Waals surface area contributed by atoms with Crippen LogP contribution in [-0.2, 0) is 6.54 Å². The fraction of sp³-hybridized carbons (Fsp3) is 0.750. The van der Waals surface area contributed by atoms with Crippen LogP contribution < -0.4 is 5.32 Å². The average molecular weight is 220 g/mol.